The molecule has 0 aliphatic carbocycles. The number of anilines is 2. The molecule has 0 spiro atoms. The standard InChI is InChI=1S/C35H45ClN8O/c1-23(24-12-16-45-17-13-24)39-32-26(20-37)21-38-34-29(32)18-27(19-30(34)36)40-33(25-8-6-5-7-9-25)31-22-44(42-41-31)28-10-14-43(15-11-28)35(2,3)4/h5-9,18-19,21-24,28,33,40-42H,10-17H2,1-4H3,(H,38,39)/t23-,33-/m0/s1. The molecule has 0 radical (unpaired) electrons. The highest BCUT2D eigenvalue weighted by molar-refractivity contribution is 6.35. The number of nitriles is 1. The summed E-state index contributed by atoms with van der Waals surface area (Å²) < 4.78 is 5.58. The van der Waals surface area contributed by atoms with Gasteiger partial charge in [0.25, 0.3) is 0 Å². The predicted octanol–water partition coefficient (Wildman–Crippen LogP) is 6.57. The number of halogens is 1. The third-order valence-corrected chi connectivity index (χ3v) is 9.85. The maximum absolute atomic E-state index is 10.0. The van der Waals surface area contributed by atoms with E-state index in [1.165, 1.54) is 0 Å². The number of hydrogen-bond acceptors (Lipinski definition) is 9. The van der Waals surface area contributed by atoms with Gasteiger partial charge in [-0.15, -0.1) is 5.53 Å². The minimum absolute atomic E-state index is 0.166. The molecule has 0 unspecified atom stereocenters. The lowest BCUT2D eigenvalue weighted by atomic mass is 9.92. The van der Waals surface area contributed by atoms with Crippen LogP contribution >= 0.6 is 11.6 Å². The van der Waals surface area contributed by atoms with Gasteiger partial charge >= 0.3 is 0 Å². The lowest BCUT2D eigenvalue weighted by Crippen LogP contribution is -2.52. The number of hydrogen-bond donors (Lipinski definition) is 4. The van der Waals surface area contributed by atoms with Crippen molar-refractivity contribution >= 4 is 33.9 Å². The zero-order chi connectivity index (χ0) is 31.6. The fourth-order valence-corrected chi connectivity index (χ4v) is 7.07. The van der Waals surface area contributed by atoms with Crippen molar-refractivity contribution < 1.29 is 4.74 Å². The van der Waals surface area contributed by atoms with E-state index in [0.29, 0.717) is 28.1 Å². The van der Waals surface area contributed by atoms with Gasteiger partial charge in [-0.25, -0.2) is 0 Å². The van der Waals surface area contributed by atoms with Crippen molar-refractivity contribution in [3.05, 3.63) is 76.7 Å². The number of likely N-dealkylation sites (tertiary alicyclic amines) is 1. The summed E-state index contributed by atoms with van der Waals surface area (Å²) in [5, 5.41) is 21.1. The van der Waals surface area contributed by atoms with E-state index in [2.05, 4.69) is 107 Å². The van der Waals surface area contributed by atoms with Gasteiger partial charge in [-0.2, -0.15) is 5.26 Å². The highest BCUT2D eigenvalue weighted by Crippen LogP contribution is 2.37. The highest BCUT2D eigenvalue weighted by Gasteiger charge is 2.32. The molecule has 2 aromatic carbocycles. The van der Waals surface area contributed by atoms with E-state index >= 15 is 0 Å². The molecule has 45 heavy (non-hydrogen) atoms. The summed E-state index contributed by atoms with van der Waals surface area (Å²) >= 11 is 6.89. The van der Waals surface area contributed by atoms with Crippen molar-refractivity contribution in [1.29, 1.82) is 5.26 Å². The molecule has 3 aliphatic heterocycles. The topological polar surface area (TPSA) is 101 Å². The van der Waals surface area contributed by atoms with Crippen LogP contribution in [0.5, 0.6) is 0 Å². The molecule has 6 rings (SSSR count). The fraction of sp³-hybridized carbons (Fsp3) is 0.486. The van der Waals surface area contributed by atoms with Crippen LogP contribution in [0.4, 0.5) is 11.4 Å². The molecule has 4 heterocycles. The van der Waals surface area contributed by atoms with Gasteiger partial charge in [0.2, 0.25) is 0 Å². The second-order valence-corrected chi connectivity index (χ2v) is 13.9. The maximum Gasteiger partial charge on any atom is 0.103 e. The second-order valence-electron chi connectivity index (χ2n) is 13.5. The molecule has 3 aliphatic rings. The van der Waals surface area contributed by atoms with Crippen LogP contribution in [-0.2, 0) is 4.74 Å². The Hall–Kier alpha value is -3.55. The van der Waals surface area contributed by atoms with Crippen molar-refractivity contribution in [2.24, 2.45) is 5.92 Å². The van der Waals surface area contributed by atoms with Crippen LogP contribution in [0.3, 0.4) is 0 Å². The molecular formula is C35H45ClN8O. The van der Waals surface area contributed by atoms with Gasteiger partial charge in [0.05, 0.1) is 33.5 Å². The zero-order valence-electron chi connectivity index (χ0n) is 26.7. The molecular weight excluding hydrogens is 584 g/mol. The van der Waals surface area contributed by atoms with E-state index in [-0.39, 0.29) is 17.6 Å². The molecule has 0 saturated carbocycles. The lowest BCUT2D eigenvalue weighted by molar-refractivity contribution is 0.0570. The first kappa shape index (κ1) is 31.4. The SMILES string of the molecule is C[C@H](Nc1c(C#N)cnc2c(Cl)cc(N[C@H](C3=CN(C4CCN(C(C)(C)C)CC4)NN3)c3ccccc3)cc12)C1CCOCC1. The zero-order valence-corrected chi connectivity index (χ0v) is 27.5. The molecule has 9 nitrogen and oxygen atoms in total. The summed E-state index contributed by atoms with van der Waals surface area (Å²) in [7, 11) is 0. The van der Waals surface area contributed by atoms with Crippen LogP contribution < -0.4 is 21.6 Å². The van der Waals surface area contributed by atoms with Crippen molar-refractivity contribution in [3.63, 3.8) is 0 Å². The van der Waals surface area contributed by atoms with Crippen molar-refractivity contribution in [2.45, 2.75) is 77.0 Å². The Morgan fingerprint density at radius 3 is 2.49 bits per heavy atom. The van der Waals surface area contributed by atoms with Crippen LogP contribution in [-0.4, -0.2) is 58.8 Å². The van der Waals surface area contributed by atoms with Gasteiger partial charge in [-0.1, -0.05) is 41.9 Å². The number of aromatic nitrogens is 1. The first-order chi connectivity index (χ1) is 21.7. The molecule has 0 amide bonds. The lowest BCUT2D eigenvalue weighted by Gasteiger charge is -2.42. The number of benzene rings is 2. The van der Waals surface area contributed by atoms with E-state index in [4.69, 9.17) is 16.3 Å². The normalized spacial score (nSPS) is 19.9. The van der Waals surface area contributed by atoms with Gasteiger partial charge in [-0.05, 0) is 77.0 Å². The van der Waals surface area contributed by atoms with E-state index in [9.17, 15) is 5.26 Å². The molecule has 2 saturated heterocycles. The summed E-state index contributed by atoms with van der Waals surface area (Å²) in [4.78, 5) is 7.15. The third-order valence-electron chi connectivity index (χ3n) is 9.56. The van der Waals surface area contributed by atoms with E-state index in [0.717, 1.165) is 80.0 Å². The highest BCUT2D eigenvalue weighted by atomic mass is 35.5. The molecule has 2 atom stereocenters. The molecule has 238 valence electrons. The van der Waals surface area contributed by atoms with Crippen LogP contribution in [0.15, 0.2) is 60.6 Å². The Labute approximate surface area is 271 Å². The maximum atomic E-state index is 10.0. The number of nitrogens with zero attached hydrogens (tertiary/aromatic N) is 4. The van der Waals surface area contributed by atoms with Crippen LogP contribution in [0.25, 0.3) is 10.9 Å². The first-order valence-electron chi connectivity index (χ1n) is 16.2. The number of pyridine rings is 1. The summed E-state index contributed by atoms with van der Waals surface area (Å²) in [5.74, 6) is 0.462. The molecule has 2 fully saturated rings. The smallest absolute Gasteiger partial charge is 0.103 e. The number of piperidine rings is 1. The Kier molecular flexibility index (Phi) is 9.39. The minimum atomic E-state index is -0.170. The van der Waals surface area contributed by atoms with Gasteiger partial charge in [-0.3, -0.25) is 14.9 Å². The predicted molar refractivity (Wildman–Crippen MR) is 181 cm³/mol. The van der Waals surface area contributed by atoms with E-state index in [1.807, 2.05) is 12.1 Å². The Balaban J connectivity index is 1.29. The van der Waals surface area contributed by atoms with Crippen LogP contribution in [0.2, 0.25) is 5.02 Å². The molecule has 1 aromatic heterocycles. The van der Waals surface area contributed by atoms with Crippen molar-refractivity contribution in [1.82, 2.24) is 25.9 Å². The molecule has 4 N–H and O–H groups in total. The van der Waals surface area contributed by atoms with Gasteiger partial charge in [0.1, 0.15) is 6.07 Å². The number of nitrogens with one attached hydrogen (secondary N) is 4. The van der Waals surface area contributed by atoms with Gasteiger partial charge in [0.15, 0.2) is 0 Å². The monoisotopic (exact) mass is 628 g/mol. The Morgan fingerprint density at radius 1 is 1.07 bits per heavy atom. The number of ether oxygens (including phenoxy) is 1. The Morgan fingerprint density at radius 2 is 1.80 bits per heavy atom. The van der Waals surface area contributed by atoms with Crippen LogP contribution in [0, 0.1) is 17.2 Å². The minimum Gasteiger partial charge on any atom is -0.381 e. The molecule has 3 aromatic rings. The Bertz CT molecular complexity index is 1550. The first-order valence-corrected chi connectivity index (χ1v) is 16.5. The number of fused-ring (bicyclic) bond motifs is 1. The number of rotatable bonds is 8. The van der Waals surface area contributed by atoms with Gasteiger partial charge in [0, 0.05) is 67.4 Å². The molecule has 0 bridgehead atoms. The molecule has 10 heteroatoms. The largest absolute Gasteiger partial charge is 0.381 e. The second kappa shape index (κ2) is 13.4. The van der Waals surface area contributed by atoms with Gasteiger partial charge < -0.3 is 20.8 Å². The van der Waals surface area contributed by atoms with E-state index < -0.39 is 0 Å². The average molecular weight is 629 g/mol. The third kappa shape index (κ3) is 7.00. The quantitative estimate of drug-likeness (QED) is 0.221. The summed E-state index contributed by atoms with van der Waals surface area (Å²) in [5.41, 5.74) is 12.0. The fourth-order valence-electron chi connectivity index (χ4n) is 6.80. The van der Waals surface area contributed by atoms with E-state index in [1.54, 1.807) is 6.20 Å². The summed E-state index contributed by atoms with van der Waals surface area (Å²) in [6.07, 6.45) is 7.99. The van der Waals surface area contributed by atoms with Crippen molar-refractivity contribution in [3.8, 4) is 6.07 Å². The number of hydrazine groups is 2. The van der Waals surface area contributed by atoms with Crippen molar-refractivity contribution in [2.75, 3.05) is 36.9 Å². The average Bonchev–Trinajstić information content (AvgIpc) is 3.54. The summed E-state index contributed by atoms with van der Waals surface area (Å²) in [6, 6.07) is 17.1. The summed E-state index contributed by atoms with van der Waals surface area (Å²) in [6.45, 7) is 12.7. The van der Waals surface area contributed by atoms with Crippen LogP contribution in [0.1, 0.15) is 70.5 Å².